The molecule has 0 atom stereocenters. The number of halogens is 3. The van der Waals surface area contributed by atoms with Crippen LogP contribution in [-0.2, 0) is 0 Å². The van der Waals surface area contributed by atoms with E-state index in [-0.39, 0.29) is 0 Å². The summed E-state index contributed by atoms with van der Waals surface area (Å²) in [4.78, 5) is 10.6. The van der Waals surface area contributed by atoms with Crippen LogP contribution in [0, 0.1) is 0 Å². The smallest absolute Gasteiger partial charge is 0.338 e. The number of rotatable bonds is 4. The Morgan fingerprint density at radius 2 is 1.92 bits per heavy atom. The molecule has 0 radical (unpaired) electrons. The maximum atomic E-state index is 11.6. The number of carbonyl (C=O) groups is 1. The number of alkyl halides is 3. The molecule has 0 fully saturated rings. The van der Waals surface area contributed by atoms with Gasteiger partial charge in [-0.15, -0.1) is 0 Å². The van der Waals surface area contributed by atoms with E-state index < -0.39 is 18.8 Å². The Morgan fingerprint density at radius 3 is 2.38 bits per heavy atom. The SMILES string of the molecule is CCCCNC(=O)NCC(F)(F)F. The zero-order chi connectivity index (χ0) is 10.3. The van der Waals surface area contributed by atoms with E-state index in [2.05, 4.69) is 5.32 Å². The van der Waals surface area contributed by atoms with Gasteiger partial charge in [-0.25, -0.2) is 4.79 Å². The van der Waals surface area contributed by atoms with Crippen molar-refractivity contribution in [2.24, 2.45) is 0 Å². The van der Waals surface area contributed by atoms with Gasteiger partial charge in [0, 0.05) is 6.54 Å². The summed E-state index contributed by atoms with van der Waals surface area (Å²) in [5, 5.41) is 4.01. The minimum Gasteiger partial charge on any atom is -0.338 e. The molecule has 6 heteroatoms. The molecular formula is C7H13F3N2O. The lowest BCUT2D eigenvalue weighted by Gasteiger charge is -2.08. The van der Waals surface area contributed by atoms with Crippen LogP contribution in [0.4, 0.5) is 18.0 Å². The molecule has 0 bridgehead atoms. The first-order valence-electron chi connectivity index (χ1n) is 4.04. The fourth-order valence-electron chi connectivity index (χ4n) is 0.622. The standard InChI is InChI=1S/C7H13F3N2O/c1-2-3-4-11-6(13)12-5-7(8,9)10/h2-5H2,1H3,(H2,11,12,13). The lowest BCUT2D eigenvalue weighted by atomic mass is 10.3. The highest BCUT2D eigenvalue weighted by molar-refractivity contribution is 5.73. The van der Waals surface area contributed by atoms with Crippen LogP contribution in [0.25, 0.3) is 0 Å². The number of carbonyl (C=O) groups excluding carboxylic acids is 1. The van der Waals surface area contributed by atoms with E-state index in [1.165, 1.54) is 0 Å². The van der Waals surface area contributed by atoms with Crippen LogP contribution in [0.15, 0.2) is 0 Å². The summed E-state index contributed by atoms with van der Waals surface area (Å²) in [5.74, 6) is 0. The zero-order valence-electron chi connectivity index (χ0n) is 7.37. The Bertz CT molecular complexity index is 158. The quantitative estimate of drug-likeness (QED) is 0.662. The highest BCUT2D eigenvalue weighted by atomic mass is 19.4. The van der Waals surface area contributed by atoms with Crippen LogP contribution in [0.2, 0.25) is 0 Å². The second-order valence-corrected chi connectivity index (χ2v) is 2.58. The predicted octanol–water partition coefficient (Wildman–Crippen LogP) is 1.65. The maximum Gasteiger partial charge on any atom is 0.405 e. The molecular weight excluding hydrogens is 185 g/mol. The summed E-state index contributed by atoms with van der Waals surface area (Å²) in [6.45, 7) is 1.04. The van der Waals surface area contributed by atoms with Crippen LogP contribution in [0.1, 0.15) is 19.8 Å². The molecule has 0 aliphatic carbocycles. The first kappa shape index (κ1) is 12.1. The number of hydrogen-bond acceptors (Lipinski definition) is 1. The highest BCUT2D eigenvalue weighted by Crippen LogP contribution is 2.11. The van der Waals surface area contributed by atoms with Gasteiger partial charge in [0.05, 0.1) is 0 Å². The van der Waals surface area contributed by atoms with Gasteiger partial charge in [-0.2, -0.15) is 13.2 Å². The molecule has 0 aromatic carbocycles. The Kier molecular flexibility index (Phi) is 5.25. The van der Waals surface area contributed by atoms with E-state index in [1.807, 2.05) is 6.92 Å². The van der Waals surface area contributed by atoms with Crippen molar-refractivity contribution in [1.29, 1.82) is 0 Å². The van der Waals surface area contributed by atoms with E-state index in [1.54, 1.807) is 5.32 Å². The number of unbranched alkanes of at least 4 members (excludes halogenated alkanes) is 1. The van der Waals surface area contributed by atoms with Gasteiger partial charge in [-0.3, -0.25) is 0 Å². The molecule has 0 heterocycles. The molecule has 0 aliphatic rings. The molecule has 0 rings (SSSR count). The molecule has 0 aromatic rings. The number of nitrogens with one attached hydrogen (secondary N) is 2. The summed E-state index contributed by atoms with van der Waals surface area (Å²) < 4.78 is 34.7. The molecule has 2 amide bonds. The van der Waals surface area contributed by atoms with Crippen molar-refractivity contribution in [3.05, 3.63) is 0 Å². The number of hydrogen-bond donors (Lipinski definition) is 2. The van der Waals surface area contributed by atoms with Crippen LogP contribution in [0.5, 0.6) is 0 Å². The minimum atomic E-state index is -4.35. The Hall–Kier alpha value is -0.940. The van der Waals surface area contributed by atoms with Crippen molar-refractivity contribution >= 4 is 6.03 Å². The van der Waals surface area contributed by atoms with E-state index in [0.717, 1.165) is 12.8 Å². The topological polar surface area (TPSA) is 41.1 Å². The zero-order valence-corrected chi connectivity index (χ0v) is 7.37. The average Bonchev–Trinajstić information content (AvgIpc) is 2.00. The fraction of sp³-hybridized carbons (Fsp3) is 0.857. The molecule has 0 saturated carbocycles. The predicted molar refractivity (Wildman–Crippen MR) is 42.4 cm³/mol. The molecule has 0 spiro atoms. The summed E-state index contributed by atoms with van der Waals surface area (Å²) in [6, 6.07) is -0.772. The van der Waals surface area contributed by atoms with Gasteiger partial charge in [0.15, 0.2) is 0 Å². The average molecular weight is 198 g/mol. The van der Waals surface area contributed by atoms with Crippen molar-refractivity contribution in [3.63, 3.8) is 0 Å². The van der Waals surface area contributed by atoms with E-state index in [0.29, 0.717) is 6.54 Å². The van der Waals surface area contributed by atoms with Gasteiger partial charge in [-0.05, 0) is 6.42 Å². The molecule has 3 nitrogen and oxygen atoms in total. The van der Waals surface area contributed by atoms with Crippen LogP contribution < -0.4 is 10.6 Å². The lowest BCUT2D eigenvalue weighted by Crippen LogP contribution is -2.41. The van der Waals surface area contributed by atoms with Gasteiger partial charge in [-0.1, -0.05) is 13.3 Å². The third-order valence-electron chi connectivity index (χ3n) is 1.27. The molecule has 0 unspecified atom stereocenters. The normalized spacial score (nSPS) is 11.1. The maximum absolute atomic E-state index is 11.6. The van der Waals surface area contributed by atoms with Crippen molar-refractivity contribution < 1.29 is 18.0 Å². The van der Waals surface area contributed by atoms with Crippen LogP contribution in [-0.4, -0.2) is 25.3 Å². The Balaban J connectivity index is 3.41. The Labute approximate surface area is 74.7 Å². The molecule has 2 N–H and O–H groups in total. The molecule has 13 heavy (non-hydrogen) atoms. The monoisotopic (exact) mass is 198 g/mol. The summed E-state index contributed by atoms with van der Waals surface area (Å²) in [5.41, 5.74) is 0. The van der Waals surface area contributed by atoms with Crippen molar-refractivity contribution in [2.45, 2.75) is 25.9 Å². The van der Waals surface area contributed by atoms with Crippen molar-refractivity contribution in [2.75, 3.05) is 13.1 Å². The van der Waals surface area contributed by atoms with Crippen molar-refractivity contribution in [3.8, 4) is 0 Å². The first-order valence-corrected chi connectivity index (χ1v) is 4.04. The van der Waals surface area contributed by atoms with E-state index >= 15 is 0 Å². The summed E-state index contributed by atoms with van der Waals surface area (Å²) in [7, 11) is 0. The van der Waals surface area contributed by atoms with E-state index in [9.17, 15) is 18.0 Å². The molecule has 0 aromatic heterocycles. The third kappa shape index (κ3) is 8.97. The van der Waals surface area contributed by atoms with E-state index in [4.69, 9.17) is 0 Å². The van der Waals surface area contributed by atoms with Gasteiger partial charge in [0.1, 0.15) is 6.54 Å². The third-order valence-corrected chi connectivity index (χ3v) is 1.27. The molecule has 0 aliphatic heterocycles. The molecule has 0 saturated heterocycles. The van der Waals surface area contributed by atoms with Crippen LogP contribution >= 0.6 is 0 Å². The van der Waals surface area contributed by atoms with Crippen molar-refractivity contribution in [1.82, 2.24) is 10.6 Å². The van der Waals surface area contributed by atoms with Gasteiger partial charge >= 0.3 is 12.2 Å². The summed E-state index contributed by atoms with van der Waals surface area (Å²) in [6.07, 6.45) is -2.69. The fourth-order valence-corrected chi connectivity index (χ4v) is 0.622. The van der Waals surface area contributed by atoms with Crippen LogP contribution in [0.3, 0.4) is 0 Å². The number of amides is 2. The first-order chi connectivity index (χ1) is 5.95. The lowest BCUT2D eigenvalue weighted by molar-refractivity contribution is -0.122. The largest absolute Gasteiger partial charge is 0.405 e. The highest BCUT2D eigenvalue weighted by Gasteiger charge is 2.27. The second-order valence-electron chi connectivity index (χ2n) is 2.58. The van der Waals surface area contributed by atoms with Gasteiger partial charge < -0.3 is 10.6 Å². The van der Waals surface area contributed by atoms with Gasteiger partial charge in [0.25, 0.3) is 0 Å². The van der Waals surface area contributed by atoms with Gasteiger partial charge in [0.2, 0.25) is 0 Å². The minimum absolute atomic E-state index is 0.403. The summed E-state index contributed by atoms with van der Waals surface area (Å²) >= 11 is 0. The second kappa shape index (κ2) is 5.66. The molecule has 78 valence electrons. The Morgan fingerprint density at radius 1 is 1.31 bits per heavy atom. The number of urea groups is 1.